The van der Waals surface area contributed by atoms with E-state index in [0.717, 1.165) is 0 Å². The van der Waals surface area contributed by atoms with Crippen molar-refractivity contribution in [2.75, 3.05) is 13.7 Å². The minimum absolute atomic E-state index is 0.241. The number of esters is 1. The summed E-state index contributed by atoms with van der Waals surface area (Å²) in [6, 6.07) is -1.11. The Bertz CT molecular complexity index is 506. The Labute approximate surface area is 149 Å². The van der Waals surface area contributed by atoms with Crippen LogP contribution in [0.15, 0.2) is 0 Å². The van der Waals surface area contributed by atoms with E-state index in [2.05, 4.69) is 5.32 Å². The first-order valence-electron chi connectivity index (χ1n) is 8.39. The van der Waals surface area contributed by atoms with Crippen molar-refractivity contribution in [1.29, 1.82) is 0 Å². The van der Waals surface area contributed by atoms with Crippen molar-refractivity contribution in [3.8, 4) is 0 Å². The summed E-state index contributed by atoms with van der Waals surface area (Å²) in [7, 11) is 1.26. The maximum absolute atomic E-state index is 12.3. The molecule has 1 rings (SSSR count). The van der Waals surface area contributed by atoms with E-state index in [9.17, 15) is 14.4 Å². The van der Waals surface area contributed by atoms with Gasteiger partial charge in [0.05, 0.1) is 7.11 Å². The van der Waals surface area contributed by atoms with Gasteiger partial charge < -0.3 is 19.5 Å². The molecule has 0 unspecified atom stereocenters. The topological polar surface area (TPSA) is 94.2 Å². The van der Waals surface area contributed by atoms with E-state index in [4.69, 9.17) is 14.2 Å². The molecule has 0 aromatic heterocycles. The molecule has 1 saturated heterocycles. The maximum atomic E-state index is 12.3. The number of carbonyl (C=O) groups is 3. The molecule has 0 aromatic rings. The highest BCUT2D eigenvalue weighted by Crippen LogP contribution is 2.22. The molecule has 1 fully saturated rings. The van der Waals surface area contributed by atoms with E-state index in [1.54, 1.807) is 41.5 Å². The Balaban J connectivity index is 2.77. The fourth-order valence-electron chi connectivity index (χ4n) is 2.47. The largest absolute Gasteiger partial charge is 0.467 e. The minimum atomic E-state index is -0.812. The SMILES string of the molecule is COC(=O)[C@H]1C[C@@H](NC(=O)OC(C)(C)C)CCN1C(=O)OC(C)(C)C. The molecule has 0 bridgehead atoms. The van der Waals surface area contributed by atoms with Gasteiger partial charge in [0.2, 0.25) is 0 Å². The maximum Gasteiger partial charge on any atom is 0.411 e. The molecule has 8 heteroatoms. The van der Waals surface area contributed by atoms with Crippen molar-refractivity contribution in [3.63, 3.8) is 0 Å². The number of piperidine rings is 1. The smallest absolute Gasteiger partial charge is 0.411 e. The third kappa shape index (κ3) is 7.19. The van der Waals surface area contributed by atoms with Crippen LogP contribution in [-0.4, -0.2) is 60.0 Å². The van der Waals surface area contributed by atoms with Gasteiger partial charge in [0, 0.05) is 12.6 Å². The second kappa shape index (κ2) is 7.93. The van der Waals surface area contributed by atoms with Gasteiger partial charge in [-0.25, -0.2) is 14.4 Å². The molecular formula is C17H30N2O6. The highest BCUT2D eigenvalue weighted by atomic mass is 16.6. The van der Waals surface area contributed by atoms with Crippen molar-refractivity contribution >= 4 is 18.2 Å². The van der Waals surface area contributed by atoms with Crippen LogP contribution in [0.4, 0.5) is 9.59 Å². The summed E-state index contributed by atoms with van der Waals surface area (Å²) < 4.78 is 15.4. The van der Waals surface area contributed by atoms with Gasteiger partial charge in [-0.3, -0.25) is 4.90 Å². The van der Waals surface area contributed by atoms with Crippen molar-refractivity contribution in [1.82, 2.24) is 10.2 Å². The lowest BCUT2D eigenvalue weighted by atomic mass is 9.97. The van der Waals surface area contributed by atoms with Gasteiger partial charge in [-0.1, -0.05) is 0 Å². The number of alkyl carbamates (subject to hydrolysis) is 1. The van der Waals surface area contributed by atoms with E-state index in [1.807, 2.05) is 0 Å². The van der Waals surface area contributed by atoms with Crippen LogP contribution in [0.25, 0.3) is 0 Å². The van der Waals surface area contributed by atoms with Crippen LogP contribution in [0.5, 0.6) is 0 Å². The van der Waals surface area contributed by atoms with E-state index in [1.165, 1.54) is 12.0 Å². The predicted molar refractivity (Wildman–Crippen MR) is 91.1 cm³/mol. The molecular weight excluding hydrogens is 328 g/mol. The number of nitrogens with one attached hydrogen (secondary N) is 1. The molecule has 8 nitrogen and oxygen atoms in total. The molecule has 0 saturated carbocycles. The first-order chi connectivity index (χ1) is 11.3. The van der Waals surface area contributed by atoms with Gasteiger partial charge in [-0.15, -0.1) is 0 Å². The number of ether oxygens (including phenoxy) is 3. The van der Waals surface area contributed by atoms with Crippen LogP contribution in [0.3, 0.4) is 0 Å². The summed E-state index contributed by atoms with van der Waals surface area (Å²) in [6.07, 6.45) is -0.387. The number of hydrogen-bond acceptors (Lipinski definition) is 6. The van der Waals surface area contributed by atoms with Gasteiger partial charge in [0.15, 0.2) is 0 Å². The molecule has 1 aliphatic rings. The van der Waals surface area contributed by atoms with Crippen molar-refractivity contribution in [3.05, 3.63) is 0 Å². The quantitative estimate of drug-likeness (QED) is 0.602. The molecule has 0 aliphatic carbocycles. The number of carbonyl (C=O) groups excluding carboxylic acids is 3. The van der Waals surface area contributed by atoms with Gasteiger partial charge in [0.25, 0.3) is 0 Å². The molecule has 1 heterocycles. The first-order valence-corrected chi connectivity index (χ1v) is 8.39. The molecule has 25 heavy (non-hydrogen) atoms. The number of hydrogen-bond donors (Lipinski definition) is 1. The van der Waals surface area contributed by atoms with E-state index in [0.29, 0.717) is 6.42 Å². The Hall–Kier alpha value is -1.99. The zero-order chi connectivity index (χ0) is 19.4. The molecule has 0 spiro atoms. The van der Waals surface area contributed by atoms with Crippen LogP contribution in [0, 0.1) is 0 Å². The second-order valence-corrected chi connectivity index (χ2v) is 8.08. The molecule has 1 N–H and O–H groups in total. The first kappa shape index (κ1) is 21.1. The fourth-order valence-corrected chi connectivity index (χ4v) is 2.47. The number of likely N-dealkylation sites (tertiary alicyclic amines) is 1. The molecule has 1 aliphatic heterocycles. The minimum Gasteiger partial charge on any atom is -0.467 e. The lowest BCUT2D eigenvalue weighted by molar-refractivity contribution is -0.148. The standard InChI is InChI=1S/C17H30N2O6/c1-16(2,3)24-14(21)18-11-8-9-19(12(10-11)13(20)23-7)15(22)25-17(4,5)6/h11-12H,8-10H2,1-7H3,(H,18,21)/t11-,12+/m0/s1. The van der Waals surface area contributed by atoms with Crippen molar-refractivity contribution < 1.29 is 28.6 Å². The number of nitrogens with zero attached hydrogens (tertiary/aromatic N) is 1. The lowest BCUT2D eigenvalue weighted by Crippen LogP contribution is -2.56. The van der Waals surface area contributed by atoms with Crippen LogP contribution in [0.1, 0.15) is 54.4 Å². The summed E-state index contributed by atoms with van der Waals surface area (Å²) in [5.41, 5.74) is -1.27. The summed E-state index contributed by atoms with van der Waals surface area (Å²) in [5.74, 6) is -0.540. The monoisotopic (exact) mass is 358 g/mol. The van der Waals surface area contributed by atoms with Crippen LogP contribution in [0.2, 0.25) is 0 Å². The van der Waals surface area contributed by atoms with Crippen LogP contribution in [-0.2, 0) is 19.0 Å². The Morgan fingerprint density at radius 1 is 1.00 bits per heavy atom. The lowest BCUT2D eigenvalue weighted by Gasteiger charge is -2.38. The number of rotatable bonds is 2. The van der Waals surface area contributed by atoms with Crippen molar-refractivity contribution in [2.45, 2.75) is 77.7 Å². The summed E-state index contributed by atoms with van der Waals surface area (Å²) in [5, 5.41) is 2.74. The van der Waals surface area contributed by atoms with Gasteiger partial charge >= 0.3 is 18.2 Å². The van der Waals surface area contributed by atoms with E-state index >= 15 is 0 Å². The van der Waals surface area contributed by atoms with Gasteiger partial charge in [-0.05, 0) is 54.4 Å². The highest BCUT2D eigenvalue weighted by Gasteiger charge is 2.39. The summed E-state index contributed by atoms with van der Waals surface area (Å²) in [4.78, 5) is 37.7. The predicted octanol–water partition coefficient (Wildman–Crippen LogP) is 2.45. The Morgan fingerprint density at radius 2 is 1.56 bits per heavy atom. The normalized spacial score (nSPS) is 21.3. The highest BCUT2D eigenvalue weighted by molar-refractivity contribution is 5.82. The van der Waals surface area contributed by atoms with E-state index in [-0.39, 0.29) is 19.0 Å². The summed E-state index contributed by atoms with van der Waals surface area (Å²) >= 11 is 0. The van der Waals surface area contributed by atoms with Gasteiger partial charge in [0.1, 0.15) is 17.2 Å². The molecule has 2 amide bonds. The molecule has 2 atom stereocenters. The van der Waals surface area contributed by atoms with Crippen molar-refractivity contribution in [2.24, 2.45) is 0 Å². The molecule has 144 valence electrons. The molecule has 0 radical (unpaired) electrons. The average Bonchev–Trinajstić information content (AvgIpc) is 2.42. The fraction of sp³-hybridized carbons (Fsp3) is 0.824. The third-order valence-corrected chi connectivity index (χ3v) is 3.42. The van der Waals surface area contributed by atoms with Crippen LogP contribution >= 0.6 is 0 Å². The van der Waals surface area contributed by atoms with Crippen LogP contribution < -0.4 is 5.32 Å². The zero-order valence-corrected chi connectivity index (χ0v) is 16.2. The van der Waals surface area contributed by atoms with E-state index < -0.39 is 35.4 Å². The number of amides is 2. The Morgan fingerprint density at radius 3 is 2.04 bits per heavy atom. The van der Waals surface area contributed by atoms with Gasteiger partial charge in [-0.2, -0.15) is 0 Å². The average molecular weight is 358 g/mol. The number of methoxy groups -OCH3 is 1. The Kier molecular flexibility index (Phi) is 6.68. The second-order valence-electron chi connectivity index (χ2n) is 8.08. The zero-order valence-electron chi connectivity index (χ0n) is 16.2. The third-order valence-electron chi connectivity index (χ3n) is 3.42. The molecule has 0 aromatic carbocycles. The summed E-state index contributed by atoms with van der Waals surface area (Å²) in [6.45, 7) is 10.9.